The fourth-order valence-electron chi connectivity index (χ4n) is 1.24. The minimum atomic E-state index is -3.58. The van der Waals surface area contributed by atoms with E-state index < -0.39 is 20.8 Å². The van der Waals surface area contributed by atoms with Gasteiger partial charge in [-0.25, -0.2) is 27.7 Å². The number of rotatable bonds is 3. The van der Waals surface area contributed by atoms with Gasteiger partial charge in [-0.15, -0.1) is 11.6 Å². The highest BCUT2D eigenvalue weighted by Gasteiger charge is 2.24. The Balaban J connectivity index is 2.61. The number of halogens is 1. The first kappa shape index (κ1) is 12.1. The lowest BCUT2D eigenvalue weighted by molar-refractivity contribution is 0.583. The van der Waals surface area contributed by atoms with Gasteiger partial charge in [0.25, 0.3) is 0 Å². The van der Waals surface area contributed by atoms with E-state index in [1.165, 1.54) is 13.0 Å². The normalized spacial score (nSPS) is 14.0. The maximum Gasteiger partial charge on any atom is 0.348 e. The average Bonchev–Trinajstić information content (AvgIpc) is 2.69. The van der Waals surface area contributed by atoms with Gasteiger partial charge < -0.3 is 0 Å². The van der Waals surface area contributed by atoms with E-state index in [2.05, 4.69) is 15.2 Å². The van der Waals surface area contributed by atoms with Crippen LogP contribution in [0.25, 0.3) is 5.65 Å². The SMILES string of the molecule is CC(CCl)S(=O)(=O)c1cc2n[nH]c(=O)n2cn1. The van der Waals surface area contributed by atoms with Crippen molar-refractivity contribution in [1.82, 2.24) is 19.6 Å². The van der Waals surface area contributed by atoms with Crippen LogP contribution >= 0.6 is 11.6 Å². The van der Waals surface area contributed by atoms with E-state index in [4.69, 9.17) is 11.6 Å². The van der Waals surface area contributed by atoms with Crippen LogP contribution in [0, 0.1) is 0 Å². The van der Waals surface area contributed by atoms with Crippen LogP contribution in [-0.2, 0) is 9.84 Å². The van der Waals surface area contributed by atoms with Crippen molar-refractivity contribution in [1.29, 1.82) is 0 Å². The van der Waals surface area contributed by atoms with E-state index in [0.29, 0.717) is 0 Å². The van der Waals surface area contributed by atoms with E-state index in [9.17, 15) is 13.2 Å². The second kappa shape index (κ2) is 4.11. The van der Waals surface area contributed by atoms with Crippen LogP contribution in [0.5, 0.6) is 0 Å². The third kappa shape index (κ3) is 1.93. The van der Waals surface area contributed by atoms with Crippen molar-refractivity contribution >= 4 is 27.1 Å². The molecule has 9 heteroatoms. The lowest BCUT2D eigenvalue weighted by Crippen LogP contribution is -2.21. The molecule has 17 heavy (non-hydrogen) atoms. The molecule has 7 nitrogen and oxygen atoms in total. The van der Waals surface area contributed by atoms with Crippen molar-refractivity contribution in [2.45, 2.75) is 17.2 Å². The Morgan fingerprint density at radius 1 is 1.59 bits per heavy atom. The fourth-order valence-corrected chi connectivity index (χ4v) is 2.78. The van der Waals surface area contributed by atoms with Crippen molar-refractivity contribution in [3.05, 3.63) is 22.9 Å². The number of aromatic nitrogens is 4. The molecule has 0 bridgehead atoms. The molecule has 0 aliphatic carbocycles. The van der Waals surface area contributed by atoms with E-state index >= 15 is 0 Å². The topological polar surface area (TPSA) is 97.2 Å². The lowest BCUT2D eigenvalue weighted by atomic mass is 10.6. The first-order valence-electron chi connectivity index (χ1n) is 4.69. The van der Waals surface area contributed by atoms with Gasteiger partial charge in [0.15, 0.2) is 20.5 Å². The second-order valence-electron chi connectivity index (χ2n) is 3.49. The first-order chi connectivity index (χ1) is 7.96. The third-order valence-corrected chi connectivity index (χ3v) is 5.00. The van der Waals surface area contributed by atoms with Gasteiger partial charge in [0.05, 0.1) is 5.25 Å². The first-order valence-corrected chi connectivity index (χ1v) is 6.77. The van der Waals surface area contributed by atoms with Crippen LogP contribution in [0.2, 0.25) is 0 Å². The zero-order chi connectivity index (χ0) is 12.6. The number of nitrogens with zero attached hydrogens (tertiary/aromatic N) is 3. The van der Waals surface area contributed by atoms with Crippen molar-refractivity contribution in [3.63, 3.8) is 0 Å². The zero-order valence-electron chi connectivity index (χ0n) is 8.79. The molecule has 1 atom stereocenters. The molecular formula is C8H9ClN4O3S. The smallest absolute Gasteiger partial charge is 0.246 e. The van der Waals surface area contributed by atoms with Crippen LogP contribution in [0.1, 0.15) is 6.92 Å². The molecule has 2 aromatic heterocycles. The Morgan fingerprint density at radius 3 is 2.94 bits per heavy atom. The molecule has 2 heterocycles. The van der Waals surface area contributed by atoms with Gasteiger partial charge in [0, 0.05) is 11.9 Å². The van der Waals surface area contributed by atoms with Crippen LogP contribution in [0.3, 0.4) is 0 Å². The van der Waals surface area contributed by atoms with E-state index in [0.717, 1.165) is 10.7 Å². The molecule has 0 saturated heterocycles. The van der Waals surface area contributed by atoms with Gasteiger partial charge in [-0.3, -0.25) is 0 Å². The standard InChI is InChI=1S/C8H9ClN4O3S/c1-5(3-9)17(15,16)7-2-6-11-12-8(14)13(6)4-10-7/h2,4-5H,3H2,1H3,(H,12,14). The molecule has 1 N–H and O–H groups in total. The molecule has 0 fully saturated rings. The molecule has 0 spiro atoms. The van der Waals surface area contributed by atoms with Crippen molar-refractivity contribution in [3.8, 4) is 0 Å². The number of sulfone groups is 1. The summed E-state index contributed by atoms with van der Waals surface area (Å²) >= 11 is 5.52. The van der Waals surface area contributed by atoms with Gasteiger partial charge in [0.1, 0.15) is 6.33 Å². The zero-order valence-corrected chi connectivity index (χ0v) is 10.4. The van der Waals surface area contributed by atoms with E-state index in [1.54, 1.807) is 0 Å². The number of hydrogen-bond acceptors (Lipinski definition) is 5. The lowest BCUT2D eigenvalue weighted by Gasteiger charge is -2.08. The largest absolute Gasteiger partial charge is 0.348 e. The molecule has 2 rings (SSSR count). The number of nitrogens with one attached hydrogen (secondary N) is 1. The third-order valence-electron chi connectivity index (χ3n) is 2.32. The highest BCUT2D eigenvalue weighted by atomic mass is 35.5. The van der Waals surface area contributed by atoms with Crippen molar-refractivity contribution in [2.75, 3.05) is 5.88 Å². The summed E-state index contributed by atoms with van der Waals surface area (Å²) in [5.74, 6) is -0.0252. The van der Waals surface area contributed by atoms with Gasteiger partial charge >= 0.3 is 5.69 Å². The van der Waals surface area contributed by atoms with Crippen LogP contribution in [0.4, 0.5) is 0 Å². The van der Waals surface area contributed by atoms with Crippen LogP contribution in [0.15, 0.2) is 22.2 Å². The van der Waals surface area contributed by atoms with Gasteiger partial charge in [0.2, 0.25) is 0 Å². The molecule has 0 radical (unpaired) electrons. The number of aromatic amines is 1. The van der Waals surface area contributed by atoms with Crippen LogP contribution < -0.4 is 5.69 Å². The highest BCUT2D eigenvalue weighted by Crippen LogP contribution is 2.14. The molecular weight excluding hydrogens is 268 g/mol. The van der Waals surface area contributed by atoms with Gasteiger partial charge in [-0.05, 0) is 6.92 Å². The minimum Gasteiger partial charge on any atom is -0.246 e. The Morgan fingerprint density at radius 2 is 2.29 bits per heavy atom. The van der Waals surface area contributed by atoms with E-state index in [-0.39, 0.29) is 16.6 Å². The van der Waals surface area contributed by atoms with Gasteiger partial charge in [-0.1, -0.05) is 0 Å². The summed E-state index contributed by atoms with van der Waals surface area (Å²) in [4.78, 5) is 14.9. The molecule has 1 unspecified atom stereocenters. The van der Waals surface area contributed by atoms with Crippen molar-refractivity contribution in [2.24, 2.45) is 0 Å². The Labute approximate surface area is 101 Å². The van der Waals surface area contributed by atoms with Crippen LogP contribution in [-0.4, -0.2) is 39.1 Å². The van der Waals surface area contributed by atoms with Crippen molar-refractivity contribution < 1.29 is 8.42 Å². The number of H-pyrrole nitrogens is 1. The Bertz CT molecular complexity index is 705. The van der Waals surface area contributed by atoms with Gasteiger partial charge in [-0.2, -0.15) is 5.10 Å². The second-order valence-corrected chi connectivity index (χ2v) is 6.12. The summed E-state index contributed by atoms with van der Waals surface area (Å²) in [6.07, 6.45) is 1.12. The maximum atomic E-state index is 11.9. The van der Waals surface area contributed by atoms with E-state index in [1.807, 2.05) is 0 Å². The summed E-state index contributed by atoms with van der Waals surface area (Å²) in [5.41, 5.74) is -0.271. The average molecular weight is 277 g/mol. The number of fused-ring (bicyclic) bond motifs is 1. The number of hydrogen-bond donors (Lipinski definition) is 1. The fraction of sp³-hybridized carbons (Fsp3) is 0.375. The molecule has 0 aromatic carbocycles. The molecule has 2 aromatic rings. The Hall–Kier alpha value is -1.41. The Kier molecular flexibility index (Phi) is 2.92. The predicted octanol–water partition coefficient (Wildman–Crippen LogP) is -0.181. The highest BCUT2D eigenvalue weighted by molar-refractivity contribution is 7.92. The molecule has 0 aliphatic rings. The predicted molar refractivity (Wildman–Crippen MR) is 61.0 cm³/mol. The summed E-state index contributed by atoms with van der Waals surface area (Å²) in [5, 5.41) is 4.97. The summed E-state index contributed by atoms with van der Waals surface area (Å²) in [7, 11) is -3.58. The molecule has 92 valence electrons. The summed E-state index contributed by atoms with van der Waals surface area (Å²) < 4.78 is 25.0. The molecule has 0 aliphatic heterocycles. The molecule has 0 saturated carbocycles. The maximum absolute atomic E-state index is 11.9. The minimum absolute atomic E-state index is 0.0252. The summed E-state index contributed by atoms with van der Waals surface area (Å²) in [6, 6.07) is 1.23. The quantitative estimate of drug-likeness (QED) is 0.619. The molecule has 0 amide bonds. The number of alkyl halides is 1. The monoisotopic (exact) mass is 276 g/mol. The summed E-state index contributed by atoms with van der Waals surface area (Å²) in [6.45, 7) is 1.49.